The summed E-state index contributed by atoms with van der Waals surface area (Å²) in [5.74, 6) is 0.261. The van der Waals surface area contributed by atoms with Crippen molar-refractivity contribution in [3.05, 3.63) is 0 Å². The molecule has 0 radical (unpaired) electrons. The van der Waals surface area contributed by atoms with Crippen LogP contribution in [-0.4, -0.2) is 12.3 Å². The largest absolute Gasteiger partial charge is 0.300 e. The molecule has 0 aromatic rings. The molecule has 3 nitrogen and oxygen atoms in total. The zero-order chi connectivity index (χ0) is 10.6. The average Bonchev–Trinajstić information content (AvgIpc) is 2.20. The van der Waals surface area contributed by atoms with E-state index in [9.17, 15) is 4.79 Å². The Labute approximate surface area is 86.8 Å². The van der Waals surface area contributed by atoms with E-state index in [1.54, 1.807) is 0 Å². The van der Waals surface area contributed by atoms with Crippen molar-refractivity contribution in [2.24, 2.45) is 5.11 Å². The summed E-state index contributed by atoms with van der Waals surface area (Å²) in [6, 6.07) is 0. The van der Waals surface area contributed by atoms with Crippen LogP contribution in [0.4, 0.5) is 0 Å². The number of rotatable bonds is 10. The molecule has 0 saturated heterocycles. The first kappa shape index (κ1) is 13.3. The minimum absolute atomic E-state index is 0.261. The van der Waals surface area contributed by atoms with Crippen LogP contribution >= 0.6 is 0 Å². The van der Waals surface area contributed by atoms with Crippen LogP contribution in [0.1, 0.15) is 58.3 Å². The lowest BCUT2D eigenvalue weighted by Gasteiger charge is -1.99. The van der Waals surface area contributed by atoms with Crippen LogP contribution in [0.25, 0.3) is 0 Å². The van der Waals surface area contributed by atoms with Gasteiger partial charge >= 0.3 is 0 Å². The molecule has 14 heavy (non-hydrogen) atoms. The normalized spacial score (nSPS) is 10.1. The standard InChI is InChI=1S/C11H22N2O/c1-2-3-4-5-6-7-8-11(14)9-10-13-12/h12H,2-10H2,1H3. The number of nitrogens with one attached hydrogen (secondary N) is 1. The van der Waals surface area contributed by atoms with Crippen LogP contribution in [0.15, 0.2) is 5.11 Å². The average molecular weight is 198 g/mol. The van der Waals surface area contributed by atoms with Gasteiger partial charge in [0.15, 0.2) is 0 Å². The minimum atomic E-state index is 0.261. The van der Waals surface area contributed by atoms with Crippen molar-refractivity contribution in [1.29, 1.82) is 5.53 Å². The Kier molecular flexibility index (Phi) is 9.81. The first-order valence-electron chi connectivity index (χ1n) is 5.66. The minimum Gasteiger partial charge on any atom is -0.300 e. The van der Waals surface area contributed by atoms with E-state index in [1.807, 2.05) is 0 Å². The van der Waals surface area contributed by atoms with Gasteiger partial charge in [-0.3, -0.25) is 4.79 Å². The zero-order valence-corrected chi connectivity index (χ0v) is 9.22. The maximum absolute atomic E-state index is 11.1. The van der Waals surface area contributed by atoms with E-state index in [-0.39, 0.29) is 5.78 Å². The molecular formula is C11H22N2O. The summed E-state index contributed by atoms with van der Waals surface area (Å²) >= 11 is 0. The first-order valence-corrected chi connectivity index (χ1v) is 5.66. The summed E-state index contributed by atoms with van der Waals surface area (Å²) in [6.45, 7) is 2.57. The third-order valence-electron chi connectivity index (χ3n) is 2.31. The molecule has 0 atom stereocenters. The van der Waals surface area contributed by atoms with Crippen molar-refractivity contribution in [3.63, 3.8) is 0 Å². The number of ketones is 1. The zero-order valence-electron chi connectivity index (χ0n) is 9.22. The summed E-state index contributed by atoms with van der Waals surface area (Å²) in [5.41, 5.74) is 6.56. The highest BCUT2D eigenvalue weighted by Gasteiger charge is 2.00. The quantitative estimate of drug-likeness (QED) is 0.422. The summed E-state index contributed by atoms with van der Waals surface area (Å²) in [6.07, 6.45) is 8.46. The van der Waals surface area contributed by atoms with Gasteiger partial charge in [-0.15, -0.1) is 0 Å². The fourth-order valence-corrected chi connectivity index (χ4v) is 1.41. The molecule has 0 saturated carbocycles. The number of unbranched alkanes of at least 4 members (excludes halogenated alkanes) is 5. The molecule has 0 amide bonds. The molecule has 3 heteroatoms. The van der Waals surface area contributed by atoms with E-state index < -0.39 is 0 Å². The fourth-order valence-electron chi connectivity index (χ4n) is 1.41. The lowest BCUT2D eigenvalue weighted by Crippen LogP contribution is -1.99. The van der Waals surface area contributed by atoms with Gasteiger partial charge in [0.1, 0.15) is 5.78 Å². The molecule has 0 rings (SSSR count). The number of Topliss-reactive ketones (excluding diaryl/α,β-unsaturated/α-hetero) is 1. The Morgan fingerprint density at radius 3 is 2.36 bits per heavy atom. The van der Waals surface area contributed by atoms with Crippen LogP contribution in [-0.2, 0) is 4.79 Å². The summed E-state index contributed by atoms with van der Waals surface area (Å²) in [4.78, 5) is 11.1. The summed E-state index contributed by atoms with van der Waals surface area (Å²) in [5, 5.41) is 3.17. The molecule has 0 unspecified atom stereocenters. The molecule has 0 aliphatic carbocycles. The molecule has 0 fully saturated rings. The van der Waals surface area contributed by atoms with Crippen LogP contribution < -0.4 is 0 Å². The van der Waals surface area contributed by atoms with Crippen molar-refractivity contribution >= 4 is 5.78 Å². The van der Waals surface area contributed by atoms with Gasteiger partial charge in [0.2, 0.25) is 0 Å². The van der Waals surface area contributed by atoms with E-state index in [4.69, 9.17) is 5.53 Å². The van der Waals surface area contributed by atoms with Gasteiger partial charge in [-0.05, 0) is 6.42 Å². The summed E-state index contributed by atoms with van der Waals surface area (Å²) < 4.78 is 0. The number of carbonyl (C=O) groups excluding carboxylic acids is 1. The molecule has 0 aliphatic rings. The number of carbonyl (C=O) groups is 1. The first-order chi connectivity index (χ1) is 6.81. The van der Waals surface area contributed by atoms with E-state index in [0.29, 0.717) is 19.4 Å². The van der Waals surface area contributed by atoms with Crippen LogP contribution in [0, 0.1) is 5.53 Å². The van der Waals surface area contributed by atoms with Gasteiger partial charge in [0, 0.05) is 12.8 Å². The molecule has 0 aliphatic heterocycles. The number of nitrogens with zero attached hydrogens (tertiary/aromatic N) is 1. The SMILES string of the molecule is CCCCCCCCC(=O)CCN=N. The molecule has 82 valence electrons. The van der Waals surface area contributed by atoms with E-state index in [1.165, 1.54) is 32.1 Å². The van der Waals surface area contributed by atoms with Crippen LogP contribution in [0.2, 0.25) is 0 Å². The van der Waals surface area contributed by atoms with Gasteiger partial charge in [-0.2, -0.15) is 5.11 Å². The second-order valence-corrected chi connectivity index (χ2v) is 3.69. The smallest absolute Gasteiger partial charge is 0.134 e. The second-order valence-electron chi connectivity index (χ2n) is 3.69. The summed E-state index contributed by atoms with van der Waals surface area (Å²) in [7, 11) is 0. The Morgan fingerprint density at radius 1 is 1.07 bits per heavy atom. The molecule has 1 N–H and O–H groups in total. The van der Waals surface area contributed by atoms with Crippen molar-refractivity contribution in [2.45, 2.75) is 58.3 Å². The molecule has 0 spiro atoms. The fraction of sp³-hybridized carbons (Fsp3) is 0.909. The van der Waals surface area contributed by atoms with Crippen LogP contribution in [0.3, 0.4) is 0 Å². The topological polar surface area (TPSA) is 53.3 Å². The highest BCUT2D eigenvalue weighted by molar-refractivity contribution is 5.78. The van der Waals surface area contributed by atoms with Gasteiger partial charge in [0.25, 0.3) is 0 Å². The van der Waals surface area contributed by atoms with Gasteiger partial charge in [0.05, 0.1) is 6.54 Å². The van der Waals surface area contributed by atoms with Crippen molar-refractivity contribution < 1.29 is 4.79 Å². The predicted octanol–water partition coefficient (Wildman–Crippen LogP) is 3.73. The second kappa shape index (κ2) is 10.4. The Hall–Kier alpha value is -0.730. The van der Waals surface area contributed by atoms with Gasteiger partial charge in [-0.1, -0.05) is 39.0 Å². The maximum atomic E-state index is 11.1. The number of hydrogen-bond donors (Lipinski definition) is 1. The molecule has 0 bridgehead atoms. The highest BCUT2D eigenvalue weighted by Crippen LogP contribution is 2.07. The van der Waals surface area contributed by atoms with Gasteiger partial charge in [-0.25, -0.2) is 5.53 Å². The molecule has 0 heterocycles. The van der Waals surface area contributed by atoms with Crippen molar-refractivity contribution in [2.75, 3.05) is 6.54 Å². The highest BCUT2D eigenvalue weighted by atomic mass is 16.1. The van der Waals surface area contributed by atoms with Crippen molar-refractivity contribution in [3.8, 4) is 0 Å². The molecule has 0 aromatic carbocycles. The maximum Gasteiger partial charge on any atom is 0.134 e. The van der Waals surface area contributed by atoms with Crippen LogP contribution in [0.5, 0.6) is 0 Å². The van der Waals surface area contributed by atoms with Gasteiger partial charge < -0.3 is 0 Å². The number of hydrogen-bond acceptors (Lipinski definition) is 3. The van der Waals surface area contributed by atoms with Crippen molar-refractivity contribution in [1.82, 2.24) is 0 Å². The predicted molar refractivity (Wildman–Crippen MR) is 57.6 cm³/mol. The Morgan fingerprint density at radius 2 is 1.71 bits per heavy atom. The lowest BCUT2D eigenvalue weighted by atomic mass is 10.1. The molecule has 0 aromatic heterocycles. The third-order valence-corrected chi connectivity index (χ3v) is 2.31. The monoisotopic (exact) mass is 198 g/mol. The lowest BCUT2D eigenvalue weighted by molar-refractivity contribution is -0.119. The Balaban J connectivity index is 3.10. The van der Waals surface area contributed by atoms with E-state index in [0.717, 1.165) is 6.42 Å². The third kappa shape index (κ3) is 9.36. The van der Waals surface area contributed by atoms with E-state index >= 15 is 0 Å². The molecular weight excluding hydrogens is 176 g/mol. The Bertz CT molecular complexity index is 157. The van der Waals surface area contributed by atoms with E-state index in [2.05, 4.69) is 12.0 Å².